The van der Waals surface area contributed by atoms with Crippen molar-refractivity contribution in [2.45, 2.75) is 13.3 Å². The van der Waals surface area contributed by atoms with Gasteiger partial charge < -0.3 is 10.5 Å². The molecule has 0 saturated heterocycles. The van der Waals surface area contributed by atoms with Gasteiger partial charge in [-0.05, 0) is 41.0 Å². The molecule has 1 rings (SSSR count). The quantitative estimate of drug-likeness (QED) is 0.866. The molecule has 2 N–H and O–H groups in total. The highest BCUT2D eigenvalue weighted by Gasteiger charge is 2.21. The van der Waals surface area contributed by atoms with Crippen LogP contribution in [0.25, 0.3) is 0 Å². The molecule has 0 radical (unpaired) electrons. The summed E-state index contributed by atoms with van der Waals surface area (Å²) < 4.78 is 19.1. The summed E-state index contributed by atoms with van der Waals surface area (Å²) in [7, 11) is 1.41. The van der Waals surface area contributed by atoms with Crippen molar-refractivity contribution in [1.29, 1.82) is 0 Å². The van der Waals surface area contributed by atoms with Crippen molar-refractivity contribution in [2.75, 3.05) is 13.7 Å². The van der Waals surface area contributed by atoms with Crippen molar-refractivity contribution in [3.63, 3.8) is 0 Å². The first kappa shape index (κ1) is 13.1. The fraction of sp³-hybridized carbons (Fsp3) is 0.364. The van der Waals surface area contributed by atoms with Crippen LogP contribution in [0.1, 0.15) is 22.3 Å². The largest absolute Gasteiger partial charge is 0.496 e. The number of ketones is 1. The topological polar surface area (TPSA) is 52.3 Å². The smallest absolute Gasteiger partial charge is 0.170 e. The van der Waals surface area contributed by atoms with E-state index in [1.165, 1.54) is 7.11 Å². The van der Waals surface area contributed by atoms with Gasteiger partial charge in [0.15, 0.2) is 11.6 Å². The monoisotopic (exact) mass is 289 g/mol. The minimum atomic E-state index is -0.596. The summed E-state index contributed by atoms with van der Waals surface area (Å²) >= 11 is 3.07. The lowest BCUT2D eigenvalue weighted by Crippen LogP contribution is -2.12. The zero-order chi connectivity index (χ0) is 12.3. The Labute approximate surface area is 102 Å². The lowest BCUT2D eigenvalue weighted by atomic mass is 10.0. The highest BCUT2D eigenvalue weighted by Crippen LogP contribution is 2.32. The number of halogens is 2. The fourth-order valence-corrected chi connectivity index (χ4v) is 2.05. The fourth-order valence-electron chi connectivity index (χ4n) is 1.50. The summed E-state index contributed by atoms with van der Waals surface area (Å²) in [5.41, 5.74) is 5.97. The maximum absolute atomic E-state index is 13.8. The van der Waals surface area contributed by atoms with E-state index in [2.05, 4.69) is 15.9 Å². The molecule has 0 bridgehead atoms. The number of hydrogen-bond donors (Lipinski definition) is 1. The minimum Gasteiger partial charge on any atom is -0.496 e. The number of carbonyl (C=O) groups is 1. The second-order valence-corrected chi connectivity index (χ2v) is 4.21. The van der Waals surface area contributed by atoms with E-state index in [1.807, 2.05) is 0 Å². The van der Waals surface area contributed by atoms with Crippen LogP contribution in [0.15, 0.2) is 10.5 Å². The second kappa shape index (κ2) is 5.41. The van der Waals surface area contributed by atoms with Crippen LogP contribution in [-0.2, 0) is 0 Å². The molecule has 3 nitrogen and oxygen atoms in total. The Bertz CT molecular complexity index is 421. The number of rotatable bonds is 4. The predicted molar refractivity (Wildman–Crippen MR) is 63.4 cm³/mol. The van der Waals surface area contributed by atoms with Crippen molar-refractivity contribution >= 4 is 21.7 Å². The van der Waals surface area contributed by atoms with E-state index in [4.69, 9.17) is 10.5 Å². The molecular weight excluding hydrogens is 277 g/mol. The molecule has 0 atom stereocenters. The second-order valence-electron chi connectivity index (χ2n) is 3.36. The summed E-state index contributed by atoms with van der Waals surface area (Å²) in [5.74, 6) is -0.665. The van der Waals surface area contributed by atoms with Crippen molar-refractivity contribution in [2.24, 2.45) is 5.73 Å². The molecule has 1 aromatic rings. The van der Waals surface area contributed by atoms with E-state index in [0.717, 1.165) is 0 Å². The zero-order valence-corrected chi connectivity index (χ0v) is 10.7. The molecular formula is C11H13BrFNO2. The van der Waals surface area contributed by atoms with Gasteiger partial charge in [-0.2, -0.15) is 0 Å². The Morgan fingerprint density at radius 1 is 1.62 bits per heavy atom. The highest BCUT2D eigenvalue weighted by molar-refractivity contribution is 9.10. The first-order chi connectivity index (χ1) is 7.52. The number of Topliss-reactive ketones (excluding diaryl/α,β-unsaturated/α-hetero) is 1. The molecule has 0 amide bonds. The third-order valence-corrected chi connectivity index (χ3v) is 2.79. The van der Waals surface area contributed by atoms with Gasteiger partial charge in [0, 0.05) is 6.42 Å². The van der Waals surface area contributed by atoms with Crippen LogP contribution in [0.4, 0.5) is 4.39 Å². The van der Waals surface area contributed by atoms with Gasteiger partial charge in [-0.3, -0.25) is 4.79 Å². The Morgan fingerprint density at radius 2 is 2.25 bits per heavy atom. The molecule has 0 aromatic heterocycles. The summed E-state index contributed by atoms with van der Waals surface area (Å²) in [6, 6.07) is 1.58. The summed E-state index contributed by atoms with van der Waals surface area (Å²) in [6.45, 7) is 1.94. The lowest BCUT2D eigenvalue weighted by molar-refractivity contribution is 0.0978. The van der Waals surface area contributed by atoms with E-state index in [-0.39, 0.29) is 34.5 Å². The molecule has 88 valence electrons. The van der Waals surface area contributed by atoms with Gasteiger partial charge in [-0.15, -0.1) is 0 Å². The van der Waals surface area contributed by atoms with Crippen LogP contribution in [0, 0.1) is 12.7 Å². The molecule has 16 heavy (non-hydrogen) atoms. The lowest BCUT2D eigenvalue weighted by Gasteiger charge is -2.12. The molecule has 0 aliphatic carbocycles. The van der Waals surface area contributed by atoms with Crippen molar-refractivity contribution < 1.29 is 13.9 Å². The average Bonchev–Trinajstić information content (AvgIpc) is 2.23. The van der Waals surface area contributed by atoms with Crippen molar-refractivity contribution in [3.8, 4) is 5.75 Å². The molecule has 0 unspecified atom stereocenters. The van der Waals surface area contributed by atoms with Crippen molar-refractivity contribution in [3.05, 3.63) is 27.5 Å². The van der Waals surface area contributed by atoms with Gasteiger partial charge in [0.1, 0.15) is 5.75 Å². The van der Waals surface area contributed by atoms with Gasteiger partial charge in [0.25, 0.3) is 0 Å². The Balaban J connectivity index is 3.38. The number of hydrogen-bond acceptors (Lipinski definition) is 3. The molecule has 0 aliphatic rings. The summed E-state index contributed by atoms with van der Waals surface area (Å²) in [4.78, 5) is 11.7. The molecule has 5 heteroatoms. The highest BCUT2D eigenvalue weighted by atomic mass is 79.9. The normalized spacial score (nSPS) is 10.3. The summed E-state index contributed by atoms with van der Waals surface area (Å²) in [5, 5.41) is 0. The third kappa shape index (κ3) is 2.41. The predicted octanol–water partition coefficient (Wildman–Crippen LogP) is 2.44. The molecule has 1 aromatic carbocycles. The van der Waals surface area contributed by atoms with Gasteiger partial charge in [0.2, 0.25) is 0 Å². The van der Waals surface area contributed by atoms with Crippen LogP contribution >= 0.6 is 15.9 Å². The first-order valence-corrected chi connectivity index (χ1v) is 5.58. The minimum absolute atomic E-state index is 0.0279. The molecule has 0 aliphatic heterocycles. The van der Waals surface area contributed by atoms with E-state index < -0.39 is 5.82 Å². The van der Waals surface area contributed by atoms with E-state index >= 15 is 0 Å². The molecule has 0 spiro atoms. The van der Waals surface area contributed by atoms with Crippen molar-refractivity contribution in [1.82, 2.24) is 0 Å². The van der Waals surface area contributed by atoms with Crippen LogP contribution in [0.3, 0.4) is 0 Å². The van der Waals surface area contributed by atoms with Gasteiger partial charge in [-0.25, -0.2) is 4.39 Å². The Morgan fingerprint density at radius 3 is 2.75 bits per heavy atom. The van der Waals surface area contributed by atoms with E-state index in [1.54, 1.807) is 13.0 Å². The van der Waals surface area contributed by atoms with Crippen LogP contribution in [0.5, 0.6) is 5.75 Å². The summed E-state index contributed by atoms with van der Waals surface area (Å²) in [6.07, 6.45) is 0.100. The van der Waals surface area contributed by atoms with Crippen LogP contribution in [-0.4, -0.2) is 19.4 Å². The number of aryl methyl sites for hydroxylation is 1. The average molecular weight is 290 g/mol. The number of carbonyl (C=O) groups excluding carboxylic acids is 1. The first-order valence-electron chi connectivity index (χ1n) is 4.78. The SMILES string of the molecule is COc1c(C)cc(Br)c(F)c1C(=O)CCN. The van der Waals surface area contributed by atoms with Crippen LogP contribution < -0.4 is 10.5 Å². The van der Waals surface area contributed by atoms with Crippen LogP contribution in [0.2, 0.25) is 0 Å². The Kier molecular flexibility index (Phi) is 4.44. The van der Waals surface area contributed by atoms with E-state index in [9.17, 15) is 9.18 Å². The molecule has 0 saturated carbocycles. The number of benzene rings is 1. The Hall–Kier alpha value is -0.940. The number of nitrogens with two attached hydrogens (primary N) is 1. The zero-order valence-electron chi connectivity index (χ0n) is 9.14. The standard InChI is InChI=1S/C11H13BrFNO2/c1-6-5-7(12)10(13)9(11(6)16-2)8(15)3-4-14/h5H,3-4,14H2,1-2H3. The maximum atomic E-state index is 13.8. The van der Waals surface area contributed by atoms with Gasteiger partial charge >= 0.3 is 0 Å². The number of ether oxygens (including phenoxy) is 1. The molecule has 0 heterocycles. The number of methoxy groups -OCH3 is 1. The van der Waals surface area contributed by atoms with Gasteiger partial charge in [0.05, 0.1) is 17.1 Å². The molecule has 0 fully saturated rings. The maximum Gasteiger partial charge on any atom is 0.170 e. The van der Waals surface area contributed by atoms with E-state index in [0.29, 0.717) is 5.56 Å². The third-order valence-electron chi connectivity index (χ3n) is 2.21. The van der Waals surface area contributed by atoms with Gasteiger partial charge in [-0.1, -0.05) is 0 Å².